The Morgan fingerprint density at radius 1 is 0.857 bits per heavy atom. The summed E-state index contributed by atoms with van der Waals surface area (Å²) >= 11 is 0. The van der Waals surface area contributed by atoms with Crippen molar-refractivity contribution in [1.82, 2.24) is 0 Å². The molecule has 0 radical (unpaired) electrons. The maximum Gasteiger partial charge on any atom is 0.0584 e. The zero-order valence-corrected chi connectivity index (χ0v) is 9.62. The van der Waals surface area contributed by atoms with Crippen LogP contribution in [0.5, 0.6) is 0 Å². The molecule has 0 unspecified atom stereocenters. The molecule has 4 fully saturated rings. The zero-order chi connectivity index (χ0) is 9.92. The summed E-state index contributed by atoms with van der Waals surface area (Å²) in [6, 6.07) is 0. The maximum atomic E-state index is 5.98. The van der Waals surface area contributed by atoms with E-state index < -0.39 is 0 Å². The molecule has 4 aliphatic rings. The van der Waals surface area contributed by atoms with Crippen molar-refractivity contribution in [3.8, 4) is 0 Å². The summed E-state index contributed by atoms with van der Waals surface area (Å²) in [4.78, 5) is 0. The van der Waals surface area contributed by atoms with Crippen molar-refractivity contribution in [1.29, 1.82) is 0 Å². The van der Waals surface area contributed by atoms with Crippen molar-refractivity contribution >= 4 is 0 Å². The van der Waals surface area contributed by atoms with E-state index in [1.807, 2.05) is 0 Å². The van der Waals surface area contributed by atoms with Crippen molar-refractivity contribution < 1.29 is 4.74 Å². The molecule has 2 aliphatic carbocycles. The van der Waals surface area contributed by atoms with E-state index >= 15 is 0 Å². The Balaban J connectivity index is 1.88. The van der Waals surface area contributed by atoms with E-state index in [1.54, 1.807) is 0 Å². The third-order valence-electron chi connectivity index (χ3n) is 4.66. The number of ether oxygens (including phenoxy) is 1. The molecule has 4 bridgehead atoms. The fourth-order valence-corrected chi connectivity index (χ4v) is 4.62. The lowest BCUT2D eigenvalue weighted by molar-refractivity contribution is -0.195. The number of hydrogen-bond donors (Lipinski definition) is 0. The first-order valence-electron chi connectivity index (χ1n) is 6.19. The van der Waals surface area contributed by atoms with E-state index in [4.69, 9.17) is 4.74 Å². The molecular weight excluding hydrogens is 172 g/mol. The van der Waals surface area contributed by atoms with Crippen molar-refractivity contribution in [2.75, 3.05) is 0 Å². The molecule has 0 aromatic rings. The first-order chi connectivity index (χ1) is 6.54. The minimum Gasteiger partial charge on any atom is -0.375 e. The summed E-state index contributed by atoms with van der Waals surface area (Å²) in [5.74, 6) is 2.93. The van der Waals surface area contributed by atoms with Crippen LogP contribution in [0.3, 0.4) is 0 Å². The van der Waals surface area contributed by atoms with Gasteiger partial charge in [-0.2, -0.15) is 0 Å². The predicted octanol–water partition coefficient (Wildman–Crippen LogP) is 3.24. The molecule has 4 rings (SSSR count). The molecule has 0 amide bonds. The van der Waals surface area contributed by atoms with Gasteiger partial charge in [-0.3, -0.25) is 0 Å². The van der Waals surface area contributed by atoms with Gasteiger partial charge in [0.2, 0.25) is 0 Å². The Morgan fingerprint density at radius 2 is 1.29 bits per heavy atom. The molecule has 80 valence electrons. The van der Waals surface area contributed by atoms with Gasteiger partial charge in [0.25, 0.3) is 0 Å². The predicted molar refractivity (Wildman–Crippen MR) is 57.1 cm³/mol. The van der Waals surface area contributed by atoms with Crippen LogP contribution in [0, 0.1) is 23.2 Å². The second kappa shape index (κ2) is 2.75. The van der Waals surface area contributed by atoms with Crippen LogP contribution in [0.15, 0.2) is 0 Å². The fraction of sp³-hybridized carbons (Fsp3) is 1.00. The average Bonchev–Trinajstić information content (AvgIpc) is 1.97. The van der Waals surface area contributed by atoms with Gasteiger partial charge >= 0.3 is 0 Å². The molecule has 0 atom stereocenters. The van der Waals surface area contributed by atoms with Gasteiger partial charge in [0.15, 0.2) is 0 Å². The highest BCUT2D eigenvalue weighted by atomic mass is 16.5. The van der Waals surface area contributed by atoms with Gasteiger partial charge in [-0.05, 0) is 48.9 Å². The van der Waals surface area contributed by atoms with E-state index in [1.165, 1.54) is 25.7 Å². The van der Waals surface area contributed by atoms with Crippen molar-refractivity contribution in [2.24, 2.45) is 23.2 Å². The van der Waals surface area contributed by atoms with Crippen LogP contribution in [0.4, 0.5) is 0 Å². The zero-order valence-electron chi connectivity index (χ0n) is 9.62. The summed E-state index contributed by atoms with van der Waals surface area (Å²) in [7, 11) is 0. The maximum absolute atomic E-state index is 5.98. The van der Waals surface area contributed by atoms with Crippen LogP contribution in [0.2, 0.25) is 0 Å². The third kappa shape index (κ3) is 1.25. The van der Waals surface area contributed by atoms with Gasteiger partial charge < -0.3 is 4.74 Å². The van der Waals surface area contributed by atoms with Gasteiger partial charge in [-0.15, -0.1) is 0 Å². The molecule has 0 spiro atoms. The van der Waals surface area contributed by atoms with Crippen molar-refractivity contribution in [3.63, 3.8) is 0 Å². The molecular formula is C13H22O. The fourth-order valence-electron chi connectivity index (χ4n) is 4.62. The Hall–Kier alpha value is -0.0400. The molecule has 2 heterocycles. The van der Waals surface area contributed by atoms with Crippen molar-refractivity contribution in [2.45, 2.75) is 58.7 Å². The monoisotopic (exact) mass is 194 g/mol. The summed E-state index contributed by atoms with van der Waals surface area (Å²) < 4.78 is 5.98. The van der Waals surface area contributed by atoms with Gasteiger partial charge in [0.1, 0.15) is 0 Å². The highest BCUT2D eigenvalue weighted by Crippen LogP contribution is 2.56. The van der Waals surface area contributed by atoms with Gasteiger partial charge in [-0.25, -0.2) is 0 Å². The average molecular weight is 194 g/mol. The van der Waals surface area contributed by atoms with Gasteiger partial charge in [0, 0.05) is 0 Å². The van der Waals surface area contributed by atoms with Gasteiger partial charge in [0.05, 0.1) is 12.2 Å². The first kappa shape index (κ1) is 9.21. The normalized spacial score (nSPS) is 51.2. The standard InChI is InChI=1S/C13H22O/c1-13(2,3)12-8-4-10-6-9(12)7-11(5-8)14-10/h8-12H,4-7H2,1-3H3. The van der Waals surface area contributed by atoms with E-state index in [0.29, 0.717) is 17.6 Å². The van der Waals surface area contributed by atoms with Crippen LogP contribution in [0.25, 0.3) is 0 Å². The van der Waals surface area contributed by atoms with E-state index in [9.17, 15) is 0 Å². The van der Waals surface area contributed by atoms with E-state index in [0.717, 1.165) is 17.8 Å². The molecule has 0 aromatic heterocycles. The second-order valence-corrected chi connectivity index (χ2v) is 6.73. The Morgan fingerprint density at radius 3 is 1.64 bits per heavy atom. The van der Waals surface area contributed by atoms with E-state index in [-0.39, 0.29) is 0 Å². The van der Waals surface area contributed by atoms with Crippen LogP contribution in [0.1, 0.15) is 46.5 Å². The molecule has 1 heteroatoms. The van der Waals surface area contributed by atoms with Crippen molar-refractivity contribution in [3.05, 3.63) is 0 Å². The SMILES string of the molecule is CC(C)(C)C1C2CC3CC1CC(C2)O3. The minimum absolute atomic E-state index is 0.516. The smallest absolute Gasteiger partial charge is 0.0584 e. The summed E-state index contributed by atoms with van der Waals surface area (Å²) in [6.45, 7) is 7.29. The Kier molecular flexibility index (Phi) is 1.81. The third-order valence-corrected chi connectivity index (χ3v) is 4.66. The van der Waals surface area contributed by atoms with Crippen LogP contribution >= 0.6 is 0 Å². The minimum atomic E-state index is 0.516. The summed E-state index contributed by atoms with van der Waals surface area (Å²) in [5, 5.41) is 0. The molecule has 0 aromatic carbocycles. The number of hydrogen-bond acceptors (Lipinski definition) is 1. The van der Waals surface area contributed by atoms with Crippen LogP contribution < -0.4 is 0 Å². The van der Waals surface area contributed by atoms with Crippen LogP contribution in [-0.4, -0.2) is 12.2 Å². The molecule has 0 N–H and O–H groups in total. The second-order valence-electron chi connectivity index (χ2n) is 6.73. The summed E-state index contributed by atoms with van der Waals surface area (Å²) in [6.07, 6.45) is 6.69. The number of rotatable bonds is 0. The highest BCUT2D eigenvalue weighted by Gasteiger charge is 2.52. The topological polar surface area (TPSA) is 9.23 Å². The first-order valence-corrected chi connectivity index (χ1v) is 6.19. The highest BCUT2D eigenvalue weighted by molar-refractivity contribution is 5.01. The van der Waals surface area contributed by atoms with Crippen LogP contribution in [-0.2, 0) is 4.74 Å². The van der Waals surface area contributed by atoms with Gasteiger partial charge in [-0.1, -0.05) is 20.8 Å². The molecule has 14 heavy (non-hydrogen) atoms. The lowest BCUT2D eigenvalue weighted by Gasteiger charge is -2.57. The molecule has 2 saturated heterocycles. The largest absolute Gasteiger partial charge is 0.375 e. The Bertz CT molecular complexity index is 210. The molecule has 2 saturated carbocycles. The summed E-state index contributed by atoms with van der Waals surface area (Å²) in [5.41, 5.74) is 0.516. The Labute approximate surface area is 87.2 Å². The molecule has 2 aliphatic heterocycles. The lowest BCUT2D eigenvalue weighted by Crippen LogP contribution is -2.54. The van der Waals surface area contributed by atoms with E-state index in [2.05, 4.69) is 20.8 Å². The quantitative estimate of drug-likeness (QED) is 0.575. The lowest BCUT2D eigenvalue weighted by atomic mass is 9.54. The molecule has 1 nitrogen and oxygen atoms in total.